The third-order valence-corrected chi connectivity index (χ3v) is 4.19. The first-order valence-corrected chi connectivity index (χ1v) is 8.59. The van der Waals surface area contributed by atoms with Gasteiger partial charge in [0.05, 0.1) is 6.10 Å². The van der Waals surface area contributed by atoms with Gasteiger partial charge in [-0.2, -0.15) is 0 Å². The minimum atomic E-state index is -0.117. The van der Waals surface area contributed by atoms with Gasteiger partial charge in [-0.15, -0.1) is 0 Å². The Labute approximate surface area is 122 Å². The van der Waals surface area contributed by atoms with Crippen LogP contribution in [0.1, 0.15) is 92.4 Å². The van der Waals surface area contributed by atoms with Crippen molar-refractivity contribution in [1.29, 1.82) is 0 Å². The van der Waals surface area contributed by atoms with E-state index in [-0.39, 0.29) is 6.10 Å². The normalized spacial score (nSPS) is 16.6. The van der Waals surface area contributed by atoms with Gasteiger partial charge in [0.15, 0.2) is 0 Å². The number of aliphatic hydroxyl groups excluding tert-OH is 1. The van der Waals surface area contributed by atoms with Gasteiger partial charge in [0, 0.05) is 0 Å². The third kappa shape index (κ3) is 14.2. The predicted molar refractivity (Wildman–Crippen MR) is 86.4 cm³/mol. The topological polar surface area (TPSA) is 20.2 Å². The van der Waals surface area contributed by atoms with Gasteiger partial charge >= 0.3 is 0 Å². The molecule has 0 aromatic carbocycles. The van der Waals surface area contributed by atoms with Gasteiger partial charge in [-0.3, -0.25) is 0 Å². The van der Waals surface area contributed by atoms with Gasteiger partial charge in [0.1, 0.15) is 0 Å². The molecule has 0 saturated carbocycles. The van der Waals surface area contributed by atoms with Crippen LogP contribution in [0.2, 0.25) is 0 Å². The fourth-order valence-corrected chi connectivity index (χ4v) is 2.74. The second kappa shape index (κ2) is 11.8. The van der Waals surface area contributed by atoms with E-state index < -0.39 is 0 Å². The molecule has 19 heavy (non-hydrogen) atoms. The summed E-state index contributed by atoms with van der Waals surface area (Å²) in [6.07, 6.45) is 11.7. The molecular weight excluding hydrogens is 232 g/mol. The summed E-state index contributed by atoms with van der Waals surface area (Å²) in [5.41, 5.74) is 0. The summed E-state index contributed by atoms with van der Waals surface area (Å²) in [6, 6.07) is 0. The Hall–Kier alpha value is -0.0400. The van der Waals surface area contributed by atoms with Crippen LogP contribution >= 0.6 is 0 Å². The molecule has 3 atom stereocenters. The molecule has 0 spiro atoms. The van der Waals surface area contributed by atoms with Gasteiger partial charge in [-0.1, -0.05) is 79.1 Å². The van der Waals surface area contributed by atoms with E-state index in [0.717, 1.165) is 24.2 Å². The number of rotatable bonds is 12. The zero-order valence-electron chi connectivity index (χ0n) is 14.1. The fraction of sp³-hybridized carbons (Fsp3) is 1.00. The van der Waals surface area contributed by atoms with E-state index in [1.165, 1.54) is 51.4 Å². The van der Waals surface area contributed by atoms with E-state index in [1.807, 2.05) is 6.92 Å². The summed E-state index contributed by atoms with van der Waals surface area (Å²) in [4.78, 5) is 0. The highest BCUT2D eigenvalue weighted by Gasteiger charge is 2.07. The summed E-state index contributed by atoms with van der Waals surface area (Å²) < 4.78 is 0. The molecule has 0 aliphatic rings. The van der Waals surface area contributed by atoms with Gasteiger partial charge in [0.2, 0.25) is 0 Å². The molecule has 0 aromatic rings. The first-order valence-electron chi connectivity index (χ1n) is 8.59. The summed E-state index contributed by atoms with van der Waals surface area (Å²) >= 11 is 0. The monoisotopic (exact) mass is 270 g/mol. The first-order chi connectivity index (χ1) is 8.91. The van der Waals surface area contributed by atoms with Crippen LogP contribution in [-0.4, -0.2) is 11.2 Å². The zero-order chi connectivity index (χ0) is 14.7. The smallest absolute Gasteiger partial charge is 0.0512 e. The number of hydrogen-bond donors (Lipinski definition) is 1. The van der Waals surface area contributed by atoms with Crippen LogP contribution in [-0.2, 0) is 0 Å². The number of aliphatic hydroxyl groups is 1. The molecule has 1 N–H and O–H groups in total. The van der Waals surface area contributed by atoms with E-state index in [0.29, 0.717) is 0 Å². The molecule has 0 fully saturated rings. The van der Waals surface area contributed by atoms with E-state index in [4.69, 9.17) is 0 Å². The standard InChI is InChI=1S/C18H38O/c1-15(2)9-6-10-16(3)11-7-12-17(4)13-8-14-18(5)19/h15-19H,6-14H2,1-5H3/t16-,17+,18-/m0/s1. The van der Waals surface area contributed by atoms with Crippen molar-refractivity contribution in [1.82, 2.24) is 0 Å². The summed E-state index contributed by atoms with van der Waals surface area (Å²) in [5, 5.41) is 9.24. The van der Waals surface area contributed by atoms with Crippen LogP contribution in [0, 0.1) is 17.8 Å². The first kappa shape index (κ1) is 19.0. The van der Waals surface area contributed by atoms with Gasteiger partial charge in [-0.25, -0.2) is 0 Å². The van der Waals surface area contributed by atoms with E-state index in [2.05, 4.69) is 27.7 Å². The molecule has 1 heteroatoms. The Kier molecular flexibility index (Phi) is 11.7. The van der Waals surface area contributed by atoms with Crippen molar-refractivity contribution < 1.29 is 5.11 Å². The molecule has 0 aromatic heterocycles. The van der Waals surface area contributed by atoms with Crippen molar-refractivity contribution in [3.05, 3.63) is 0 Å². The minimum Gasteiger partial charge on any atom is -0.393 e. The fourth-order valence-electron chi connectivity index (χ4n) is 2.74. The molecule has 0 aliphatic heterocycles. The van der Waals surface area contributed by atoms with Crippen LogP contribution < -0.4 is 0 Å². The maximum absolute atomic E-state index is 9.24. The molecule has 1 nitrogen and oxygen atoms in total. The molecule has 0 heterocycles. The third-order valence-electron chi connectivity index (χ3n) is 4.19. The molecule has 0 radical (unpaired) electrons. The predicted octanol–water partition coefficient (Wildman–Crippen LogP) is 5.81. The van der Waals surface area contributed by atoms with E-state index in [9.17, 15) is 5.11 Å². The highest BCUT2D eigenvalue weighted by molar-refractivity contribution is 4.60. The van der Waals surface area contributed by atoms with Crippen molar-refractivity contribution in [3.8, 4) is 0 Å². The maximum Gasteiger partial charge on any atom is 0.0512 e. The Bertz CT molecular complexity index is 166. The average molecular weight is 271 g/mol. The van der Waals surface area contributed by atoms with Crippen LogP contribution in [0.4, 0.5) is 0 Å². The molecule has 0 unspecified atom stereocenters. The minimum absolute atomic E-state index is 0.117. The zero-order valence-corrected chi connectivity index (χ0v) is 14.1. The Balaban J connectivity index is 3.40. The second-order valence-electron chi connectivity index (χ2n) is 7.25. The molecule has 0 bridgehead atoms. The molecule has 0 amide bonds. The molecular formula is C18H38O. The van der Waals surface area contributed by atoms with Crippen LogP contribution in [0.5, 0.6) is 0 Å². The van der Waals surface area contributed by atoms with Crippen LogP contribution in [0.3, 0.4) is 0 Å². The molecule has 0 aliphatic carbocycles. The van der Waals surface area contributed by atoms with Crippen molar-refractivity contribution in [2.24, 2.45) is 17.8 Å². The quantitative estimate of drug-likeness (QED) is 0.474. The maximum atomic E-state index is 9.24. The van der Waals surface area contributed by atoms with Crippen molar-refractivity contribution in [2.75, 3.05) is 0 Å². The Morgan fingerprint density at radius 3 is 1.32 bits per heavy atom. The number of hydrogen-bond acceptors (Lipinski definition) is 1. The Morgan fingerprint density at radius 1 is 0.579 bits per heavy atom. The van der Waals surface area contributed by atoms with Gasteiger partial charge < -0.3 is 5.11 Å². The Morgan fingerprint density at radius 2 is 0.947 bits per heavy atom. The van der Waals surface area contributed by atoms with Crippen LogP contribution in [0.15, 0.2) is 0 Å². The van der Waals surface area contributed by atoms with Crippen molar-refractivity contribution in [2.45, 2.75) is 98.5 Å². The lowest BCUT2D eigenvalue weighted by molar-refractivity contribution is 0.178. The summed E-state index contributed by atoms with van der Waals surface area (Å²) in [6.45, 7) is 11.3. The summed E-state index contributed by atoms with van der Waals surface area (Å²) in [5.74, 6) is 2.60. The molecule has 0 rings (SSSR count). The van der Waals surface area contributed by atoms with Gasteiger partial charge in [-0.05, 0) is 31.1 Å². The molecule has 116 valence electrons. The highest BCUT2D eigenvalue weighted by Crippen LogP contribution is 2.21. The van der Waals surface area contributed by atoms with Crippen molar-refractivity contribution >= 4 is 0 Å². The van der Waals surface area contributed by atoms with Crippen LogP contribution in [0.25, 0.3) is 0 Å². The lowest BCUT2D eigenvalue weighted by atomic mass is 9.92. The van der Waals surface area contributed by atoms with E-state index >= 15 is 0 Å². The van der Waals surface area contributed by atoms with Gasteiger partial charge in [0.25, 0.3) is 0 Å². The summed E-state index contributed by atoms with van der Waals surface area (Å²) in [7, 11) is 0. The molecule has 0 saturated heterocycles. The largest absolute Gasteiger partial charge is 0.393 e. The van der Waals surface area contributed by atoms with Crippen molar-refractivity contribution in [3.63, 3.8) is 0 Å². The lowest BCUT2D eigenvalue weighted by Crippen LogP contribution is -2.03. The SMILES string of the molecule is CC(C)CCC[C@H](C)CCC[C@@H](C)CCC[C@H](C)O. The van der Waals surface area contributed by atoms with E-state index in [1.54, 1.807) is 0 Å². The lowest BCUT2D eigenvalue weighted by Gasteiger charge is -2.15. The average Bonchev–Trinajstić information content (AvgIpc) is 2.27. The second-order valence-corrected chi connectivity index (χ2v) is 7.25. The highest BCUT2D eigenvalue weighted by atomic mass is 16.3.